The molecule has 0 unspecified atom stereocenters. The van der Waals surface area contributed by atoms with E-state index in [1.807, 2.05) is 13.0 Å². The van der Waals surface area contributed by atoms with E-state index < -0.39 is 11.7 Å². The summed E-state index contributed by atoms with van der Waals surface area (Å²) >= 11 is 0. The van der Waals surface area contributed by atoms with E-state index in [2.05, 4.69) is 4.98 Å². The molecule has 5 heteroatoms. The number of halogens is 1. The van der Waals surface area contributed by atoms with Gasteiger partial charge in [0.15, 0.2) is 5.82 Å². The third kappa shape index (κ3) is 2.56. The topological polar surface area (TPSA) is 46.3 Å². The summed E-state index contributed by atoms with van der Waals surface area (Å²) in [6, 6.07) is 4.98. The summed E-state index contributed by atoms with van der Waals surface area (Å²) in [5, 5.41) is 0. The number of hydrogen-bond donors (Lipinski definition) is 0. The Bertz CT molecular complexity index is 566. The Labute approximate surface area is 104 Å². The van der Waals surface area contributed by atoms with Crippen molar-refractivity contribution in [2.75, 3.05) is 7.05 Å². The standard InChI is InChI=1S/C13H13FN2O2/c1-9-3-4-10(18-9)8-16(2)13(17)11-5-6-15-7-12(11)14/h3-7H,8H2,1-2H3. The first-order valence-electron chi connectivity index (χ1n) is 5.48. The largest absolute Gasteiger partial charge is 0.464 e. The predicted molar refractivity (Wildman–Crippen MR) is 63.4 cm³/mol. The van der Waals surface area contributed by atoms with Crippen LogP contribution in [0.5, 0.6) is 0 Å². The van der Waals surface area contributed by atoms with Crippen LogP contribution in [0.1, 0.15) is 21.9 Å². The first-order valence-corrected chi connectivity index (χ1v) is 5.48. The maximum absolute atomic E-state index is 13.4. The highest BCUT2D eigenvalue weighted by atomic mass is 19.1. The van der Waals surface area contributed by atoms with Crippen molar-refractivity contribution in [3.63, 3.8) is 0 Å². The SMILES string of the molecule is Cc1ccc(CN(C)C(=O)c2ccncc2F)o1. The van der Waals surface area contributed by atoms with Crippen molar-refractivity contribution in [1.82, 2.24) is 9.88 Å². The van der Waals surface area contributed by atoms with Crippen molar-refractivity contribution in [1.29, 1.82) is 0 Å². The van der Waals surface area contributed by atoms with Crippen molar-refractivity contribution >= 4 is 5.91 Å². The molecule has 0 fully saturated rings. The van der Waals surface area contributed by atoms with Gasteiger partial charge in [-0.1, -0.05) is 0 Å². The molecule has 2 aromatic rings. The van der Waals surface area contributed by atoms with Gasteiger partial charge >= 0.3 is 0 Å². The second-order valence-corrected chi connectivity index (χ2v) is 4.03. The Balaban J connectivity index is 2.12. The Hall–Kier alpha value is -2.17. The number of pyridine rings is 1. The van der Waals surface area contributed by atoms with Gasteiger partial charge in [0, 0.05) is 13.2 Å². The molecule has 0 radical (unpaired) electrons. The minimum Gasteiger partial charge on any atom is -0.464 e. The summed E-state index contributed by atoms with van der Waals surface area (Å²) in [4.78, 5) is 17.0. The molecule has 0 aliphatic carbocycles. The summed E-state index contributed by atoms with van der Waals surface area (Å²) in [5.74, 6) is 0.424. The lowest BCUT2D eigenvalue weighted by Crippen LogP contribution is -2.26. The van der Waals surface area contributed by atoms with Crippen molar-refractivity contribution in [2.45, 2.75) is 13.5 Å². The highest BCUT2D eigenvalue weighted by Crippen LogP contribution is 2.12. The fraction of sp³-hybridized carbons (Fsp3) is 0.231. The van der Waals surface area contributed by atoms with Crippen LogP contribution in [0.25, 0.3) is 0 Å². The molecule has 0 spiro atoms. The second kappa shape index (κ2) is 5.00. The van der Waals surface area contributed by atoms with Gasteiger partial charge in [-0.15, -0.1) is 0 Å². The van der Waals surface area contributed by atoms with Crippen LogP contribution in [-0.2, 0) is 6.54 Å². The van der Waals surface area contributed by atoms with E-state index >= 15 is 0 Å². The van der Waals surface area contributed by atoms with Crippen molar-refractivity contribution in [3.05, 3.63) is 53.5 Å². The molecule has 0 saturated heterocycles. The van der Waals surface area contributed by atoms with Crippen molar-refractivity contribution in [2.24, 2.45) is 0 Å². The van der Waals surface area contributed by atoms with Crippen LogP contribution in [0.3, 0.4) is 0 Å². The highest BCUT2D eigenvalue weighted by molar-refractivity contribution is 5.94. The van der Waals surface area contributed by atoms with Crippen LogP contribution < -0.4 is 0 Å². The summed E-state index contributed by atoms with van der Waals surface area (Å²) in [5.41, 5.74) is 0.00998. The quantitative estimate of drug-likeness (QED) is 0.837. The molecule has 18 heavy (non-hydrogen) atoms. The Morgan fingerprint density at radius 1 is 1.44 bits per heavy atom. The number of nitrogens with zero attached hydrogens (tertiary/aromatic N) is 2. The molecule has 2 aromatic heterocycles. The smallest absolute Gasteiger partial charge is 0.257 e. The molecule has 1 amide bonds. The fourth-order valence-corrected chi connectivity index (χ4v) is 1.63. The lowest BCUT2D eigenvalue weighted by atomic mass is 10.2. The number of carbonyl (C=O) groups is 1. The zero-order chi connectivity index (χ0) is 13.1. The third-order valence-electron chi connectivity index (χ3n) is 2.54. The van der Waals surface area contributed by atoms with Gasteiger partial charge in [-0.3, -0.25) is 9.78 Å². The normalized spacial score (nSPS) is 10.4. The maximum atomic E-state index is 13.4. The van der Waals surface area contributed by atoms with Gasteiger partial charge in [0.1, 0.15) is 11.5 Å². The maximum Gasteiger partial charge on any atom is 0.257 e. The summed E-state index contributed by atoms with van der Waals surface area (Å²) in [6.45, 7) is 2.13. The zero-order valence-corrected chi connectivity index (χ0v) is 10.2. The lowest BCUT2D eigenvalue weighted by Gasteiger charge is -2.15. The van der Waals surface area contributed by atoms with E-state index in [0.29, 0.717) is 12.3 Å². The average molecular weight is 248 g/mol. The first-order chi connectivity index (χ1) is 8.58. The number of aromatic nitrogens is 1. The number of hydrogen-bond acceptors (Lipinski definition) is 3. The number of carbonyl (C=O) groups excluding carboxylic acids is 1. The molecular formula is C13H13FN2O2. The molecule has 0 atom stereocenters. The van der Waals surface area contributed by atoms with E-state index in [9.17, 15) is 9.18 Å². The average Bonchev–Trinajstić information content (AvgIpc) is 2.74. The van der Waals surface area contributed by atoms with E-state index in [0.717, 1.165) is 12.0 Å². The van der Waals surface area contributed by atoms with Crippen LogP contribution in [0.4, 0.5) is 4.39 Å². The fourth-order valence-electron chi connectivity index (χ4n) is 1.63. The Morgan fingerprint density at radius 3 is 2.83 bits per heavy atom. The van der Waals surface area contributed by atoms with E-state index in [1.165, 1.54) is 17.2 Å². The summed E-state index contributed by atoms with van der Waals surface area (Å²) < 4.78 is 18.8. The molecule has 0 bridgehead atoms. The molecular weight excluding hydrogens is 235 g/mol. The first kappa shape index (κ1) is 12.3. The lowest BCUT2D eigenvalue weighted by molar-refractivity contribution is 0.0770. The molecule has 94 valence electrons. The van der Waals surface area contributed by atoms with E-state index in [4.69, 9.17) is 4.42 Å². The highest BCUT2D eigenvalue weighted by Gasteiger charge is 2.17. The summed E-state index contributed by atoms with van der Waals surface area (Å²) in [7, 11) is 1.60. The van der Waals surface area contributed by atoms with E-state index in [1.54, 1.807) is 13.1 Å². The Kier molecular flexibility index (Phi) is 3.41. The number of furan rings is 1. The van der Waals surface area contributed by atoms with Gasteiger partial charge in [-0.25, -0.2) is 4.39 Å². The van der Waals surface area contributed by atoms with Crippen LogP contribution >= 0.6 is 0 Å². The summed E-state index contributed by atoms with van der Waals surface area (Å²) in [6.07, 6.45) is 2.42. The molecule has 0 saturated carbocycles. The molecule has 4 nitrogen and oxygen atoms in total. The van der Waals surface area contributed by atoms with Crippen molar-refractivity contribution < 1.29 is 13.6 Å². The van der Waals surface area contributed by atoms with Crippen molar-refractivity contribution in [3.8, 4) is 0 Å². The van der Waals surface area contributed by atoms with Crippen LogP contribution in [-0.4, -0.2) is 22.8 Å². The van der Waals surface area contributed by atoms with Gasteiger partial charge in [0.2, 0.25) is 0 Å². The van der Waals surface area contributed by atoms with E-state index in [-0.39, 0.29) is 5.56 Å². The van der Waals surface area contributed by atoms with Gasteiger partial charge in [0.05, 0.1) is 18.3 Å². The number of rotatable bonds is 3. The minimum absolute atomic E-state index is 0.00998. The molecule has 0 aliphatic heterocycles. The monoisotopic (exact) mass is 248 g/mol. The second-order valence-electron chi connectivity index (χ2n) is 4.03. The Morgan fingerprint density at radius 2 is 2.22 bits per heavy atom. The van der Waals surface area contributed by atoms with Crippen LogP contribution in [0, 0.1) is 12.7 Å². The molecule has 0 aromatic carbocycles. The van der Waals surface area contributed by atoms with Crippen LogP contribution in [0.15, 0.2) is 35.0 Å². The molecule has 0 N–H and O–H groups in total. The molecule has 0 aliphatic rings. The number of aryl methyl sites for hydroxylation is 1. The zero-order valence-electron chi connectivity index (χ0n) is 10.2. The molecule has 2 heterocycles. The van der Waals surface area contributed by atoms with Gasteiger partial charge < -0.3 is 9.32 Å². The molecule has 2 rings (SSSR count). The van der Waals surface area contributed by atoms with Gasteiger partial charge in [0.25, 0.3) is 5.91 Å². The number of amides is 1. The minimum atomic E-state index is -0.620. The van der Waals surface area contributed by atoms with Gasteiger partial charge in [-0.2, -0.15) is 0 Å². The predicted octanol–water partition coefficient (Wildman–Crippen LogP) is 2.39. The van der Waals surface area contributed by atoms with Gasteiger partial charge in [-0.05, 0) is 25.1 Å². The third-order valence-corrected chi connectivity index (χ3v) is 2.54. The van der Waals surface area contributed by atoms with Crippen LogP contribution in [0.2, 0.25) is 0 Å².